The van der Waals surface area contributed by atoms with Crippen LogP contribution in [0, 0.1) is 0 Å². The molecule has 1 N–H and O–H groups in total. The zero-order valence-corrected chi connectivity index (χ0v) is 15.6. The third-order valence-electron chi connectivity index (χ3n) is 4.93. The molecule has 4 heteroatoms. The number of anilines is 1. The van der Waals surface area contributed by atoms with Gasteiger partial charge in [-0.25, -0.2) is 0 Å². The number of amides is 1. The molecule has 2 atom stereocenters. The van der Waals surface area contributed by atoms with Crippen molar-refractivity contribution in [3.05, 3.63) is 88.1 Å². The second kappa shape index (κ2) is 7.34. The molecule has 2 heterocycles. The van der Waals surface area contributed by atoms with Crippen molar-refractivity contribution in [1.82, 2.24) is 5.32 Å². The van der Waals surface area contributed by atoms with Crippen LogP contribution < -0.4 is 10.2 Å². The average Bonchev–Trinajstić information content (AvgIpc) is 3.29. The van der Waals surface area contributed by atoms with Gasteiger partial charge in [0.25, 0.3) is 0 Å². The Hall–Kier alpha value is -2.59. The SMILES string of the molecule is C[C@H]1Cc2ccccc2N1CC(=O)N[C@@H](c1ccccc1)c1cccs1. The molecule has 0 bridgehead atoms. The lowest BCUT2D eigenvalue weighted by Crippen LogP contribution is -2.41. The standard InChI is InChI=1S/C22H22N2OS/c1-16-14-18-10-5-6-11-19(18)24(16)15-21(25)23-22(20-12-7-13-26-20)17-8-3-2-4-9-17/h2-13,16,22H,14-15H2,1H3,(H,23,25)/t16-,22-/m0/s1. The quantitative estimate of drug-likeness (QED) is 0.729. The number of hydrogen-bond acceptors (Lipinski definition) is 3. The van der Waals surface area contributed by atoms with E-state index in [0.29, 0.717) is 12.6 Å². The maximum Gasteiger partial charge on any atom is 0.240 e. The van der Waals surface area contributed by atoms with Crippen LogP contribution in [0.2, 0.25) is 0 Å². The Labute approximate surface area is 158 Å². The van der Waals surface area contributed by atoms with E-state index in [2.05, 4.69) is 58.9 Å². The maximum absolute atomic E-state index is 12.9. The lowest BCUT2D eigenvalue weighted by molar-refractivity contribution is -0.120. The number of benzene rings is 2. The number of thiophene rings is 1. The minimum Gasteiger partial charge on any atom is -0.359 e. The average molecular weight is 362 g/mol. The van der Waals surface area contributed by atoms with Crippen LogP contribution in [0.1, 0.15) is 29.0 Å². The van der Waals surface area contributed by atoms with Gasteiger partial charge in [-0.3, -0.25) is 4.79 Å². The molecule has 3 aromatic rings. The first-order chi connectivity index (χ1) is 12.7. The lowest BCUT2D eigenvalue weighted by atomic mass is 10.1. The summed E-state index contributed by atoms with van der Waals surface area (Å²) in [7, 11) is 0. The maximum atomic E-state index is 12.9. The molecule has 0 saturated carbocycles. The number of fused-ring (bicyclic) bond motifs is 1. The summed E-state index contributed by atoms with van der Waals surface area (Å²) in [4.78, 5) is 16.2. The van der Waals surface area contributed by atoms with Gasteiger partial charge in [-0.05, 0) is 42.0 Å². The van der Waals surface area contributed by atoms with Crippen LogP contribution in [-0.2, 0) is 11.2 Å². The van der Waals surface area contributed by atoms with Crippen molar-refractivity contribution in [1.29, 1.82) is 0 Å². The van der Waals surface area contributed by atoms with Crippen molar-refractivity contribution < 1.29 is 4.79 Å². The van der Waals surface area contributed by atoms with Crippen molar-refractivity contribution >= 4 is 22.9 Å². The largest absolute Gasteiger partial charge is 0.359 e. The third-order valence-corrected chi connectivity index (χ3v) is 5.87. The molecular formula is C22H22N2OS. The van der Waals surface area contributed by atoms with Crippen molar-refractivity contribution in [2.75, 3.05) is 11.4 Å². The second-order valence-corrected chi connectivity index (χ2v) is 7.72. The van der Waals surface area contributed by atoms with Crippen molar-refractivity contribution in [3.63, 3.8) is 0 Å². The Morgan fingerprint density at radius 1 is 1.12 bits per heavy atom. The number of carbonyl (C=O) groups is 1. The Balaban J connectivity index is 1.53. The van der Waals surface area contributed by atoms with Gasteiger partial charge in [-0.1, -0.05) is 54.6 Å². The van der Waals surface area contributed by atoms with Crippen molar-refractivity contribution in [2.24, 2.45) is 0 Å². The zero-order valence-electron chi connectivity index (χ0n) is 14.8. The Morgan fingerprint density at radius 3 is 2.65 bits per heavy atom. The van der Waals surface area contributed by atoms with E-state index in [-0.39, 0.29) is 11.9 Å². The van der Waals surface area contributed by atoms with Gasteiger partial charge in [-0.2, -0.15) is 0 Å². The number of nitrogens with zero attached hydrogens (tertiary/aromatic N) is 1. The van der Waals surface area contributed by atoms with Crippen LogP contribution in [0.3, 0.4) is 0 Å². The van der Waals surface area contributed by atoms with Crippen LogP contribution in [-0.4, -0.2) is 18.5 Å². The van der Waals surface area contributed by atoms with E-state index in [9.17, 15) is 4.79 Å². The second-order valence-electron chi connectivity index (χ2n) is 6.74. The molecule has 1 amide bonds. The summed E-state index contributed by atoms with van der Waals surface area (Å²) >= 11 is 1.67. The summed E-state index contributed by atoms with van der Waals surface area (Å²) in [6.45, 7) is 2.56. The number of hydrogen-bond donors (Lipinski definition) is 1. The molecule has 0 fully saturated rings. The molecule has 1 aromatic heterocycles. The van der Waals surface area contributed by atoms with Gasteiger partial charge < -0.3 is 10.2 Å². The normalized spacial score (nSPS) is 17.0. The fourth-order valence-electron chi connectivity index (χ4n) is 3.65. The first kappa shape index (κ1) is 16.9. The van der Waals surface area contributed by atoms with Crippen LogP contribution in [0.5, 0.6) is 0 Å². The third kappa shape index (κ3) is 3.37. The molecule has 1 aliphatic heterocycles. The Kier molecular flexibility index (Phi) is 4.76. The molecule has 4 rings (SSSR count). The van der Waals surface area contributed by atoms with E-state index in [4.69, 9.17) is 0 Å². The molecule has 0 aliphatic carbocycles. The molecular weight excluding hydrogens is 340 g/mol. The monoisotopic (exact) mass is 362 g/mol. The highest BCUT2D eigenvalue weighted by molar-refractivity contribution is 7.10. The molecule has 26 heavy (non-hydrogen) atoms. The Morgan fingerprint density at radius 2 is 1.88 bits per heavy atom. The first-order valence-electron chi connectivity index (χ1n) is 8.94. The summed E-state index contributed by atoms with van der Waals surface area (Å²) < 4.78 is 0. The van der Waals surface area contributed by atoms with Crippen LogP contribution in [0.25, 0.3) is 0 Å². The summed E-state index contributed by atoms with van der Waals surface area (Å²) in [5.41, 5.74) is 3.62. The number of carbonyl (C=O) groups excluding carboxylic acids is 1. The topological polar surface area (TPSA) is 32.3 Å². The molecule has 0 spiro atoms. The predicted octanol–water partition coefficient (Wildman–Crippen LogP) is 4.40. The zero-order chi connectivity index (χ0) is 17.9. The van der Waals surface area contributed by atoms with E-state index >= 15 is 0 Å². The molecule has 3 nitrogen and oxygen atoms in total. The van der Waals surface area contributed by atoms with E-state index in [1.807, 2.05) is 30.3 Å². The van der Waals surface area contributed by atoms with Gasteiger partial charge >= 0.3 is 0 Å². The minimum atomic E-state index is -0.100. The van der Waals surface area contributed by atoms with Gasteiger partial charge in [0.05, 0.1) is 12.6 Å². The smallest absolute Gasteiger partial charge is 0.240 e. The molecule has 0 unspecified atom stereocenters. The summed E-state index contributed by atoms with van der Waals surface area (Å²) in [5.74, 6) is 0.0517. The van der Waals surface area contributed by atoms with E-state index in [0.717, 1.165) is 16.9 Å². The molecule has 0 radical (unpaired) electrons. The van der Waals surface area contributed by atoms with E-state index in [1.54, 1.807) is 11.3 Å². The fraction of sp³-hybridized carbons (Fsp3) is 0.227. The molecule has 2 aromatic carbocycles. The molecule has 132 valence electrons. The highest BCUT2D eigenvalue weighted by atomic mass is 32.1. The predicted molar refractivity (Wildman–Crippen MR) is 108 cm³/mol. The van der Waals surface area contributed by atoms with E-state index in [1.165, 1.54) is 11.3 Å². The van der Waals surface area contributed by atoms with E-state index < -0.39 is 0 Å². The highest BCUT2D eigenvalue weighted by Gasteiger charge is 2.28. The number of rotatable bonds is 5. The lowest BCUT2D eigenvalue weighted by Gasteiger charge is -2.26. The van der Waals surface area contributed by atoms with Crippen molar-refractivity contribution in [2.45, 2.75) is 25.4 Å². The van der Waals surface area contributed by atoms with Crippen LogP contribution in [0.15, 0.2) is 72.1 Å². The number of para-hydroxylation sites is 1. The van der Waals surface area contributed by atoms with Gasteiger partial charge in [-0.15, -0.1) is 11.3 Å². The van der Waals surface area contributed by atoms with Crippen LogP contribution in [0.4, 0.5) is 5.69 Å². The molecule has 1 aliphatic rings. The van der Waals surface area contributed by atoms with Gasteiger partial charge in [0.1, 0.15) is 0 Å². The fourth-order valence-corrected chi connectivity index (χ4v) is 4.45. The minimum absolute atomic E-state index is 0.0517. The number of nitrogens with one attached hydrogen (secondary N) is 1. The molecule has 0 saturated heterocycles. The van der Waals surface area contributed by atoms with Gasteiger partial charge in [0.15, 0.2) is 0 Å². The van der Waals surface area contributed by atoms with Gasteiger partial charge in [0, 0.05) is 16.6 Å². The Bertz CT molecular complexity index is 876. The van der Waals surface area contributed by atoms with Crippen LogP contribution >= 0.6 is 11.3 Å². The summed E-state index contributed by atoms with van der Waals surface area (Å²) in [5, 5.41) is 5.30. The van der Waals surface area contributed by atoms with Crippen molar-refractivity contribution in [3.8, 4) is 0 Å². The van der Waals surface area contributed by atoms with Gasteiger partial charge in [0.2, 0.25) is 5.91 Å². The first-order valence-corrected chi connectivity index (χ1v) is 9.82. The highest BCUT2D eigenvalue weighted by Crippen LogP contribution is 2.32. The summed E-state index contributed by atoms with van der Waals surface area (Å²) in [6, 6.07) is 22.9. The summed E-state index contributed by atoms with van der Waals surface area (Å²) in [6.07, 6.45) is 0.997.